The van der Waals surface area contributed by atoms with Crippen molar-refractivity contribution in [3.8, 4) is 35.2 Å². The molecule has 1 fully saturated rings. The van der Waals surface area contributed by atoms with Crippen molar-refractivity contribution in [2.45, 2.75) is 46.0 Å². The number of ketones is 1. The van der Waals surface area contributed by atoms with E-state index in [0.717, 1.165) is 24.0 Å². The Morgan fingerprint density at radius 2 is 1.59 bits per heavy atom. The van der Waals surface area contributed by atoms with Gasteiger partial charge in [-0.3, -0.25) is 4.79 Å². The van der Waals surface area contributed by atoms with Crippen LogP contribution >= 0.6 is 0 Å². The Morgan fingerprint density at radius 1 is 0.971 bits per heavy atom. The number of aryl methyl sites for hydroxylation is 1. The van der Waals surface area contributed by atoms with Crippen LogP contribution in [0.4, 0.5) is 14.6 Å². The van der Waals surface area contributed by atoms with Gasteiger partial charge in [-0.1, -0.05) is 49.6 Å². The third-order valence-electron chi connectivity index (χ3n) is 5.93. The minimum absolute atomic E-state index is 0.0405. The molecule has 0 atom stereocenters. The second-order valence-corrected chi connectivity index (χ2v) is 8.23. The zero-order chi connectivity index (χ0) is 25.1. The van der Waals surface area contributed by atoms with Gasteiger partial charge in [0.05, 0.1) is 11.3 Å². The number of terminal acetylenes is 1. The highest BCUT2D eigenvalue weighted by Gasteiger charge is 2.17. The number of nitrogens with zero attached hydrogens (tertiary/aromatic N) is 1. The molecule has 178 valence electrons. The van der Waals surface area contributed by atoms with Crippen molar-refractivity contribution in [1.29, 1.82) is 0 Å². The van der Waals surface area contributed by atoms with Crippen molar-refractivity contribution < 1.29 is 13.6 Å². The lowest BCUT2D eigenvalue weighted by molar-refractivity contribution is -0.121. The summed E-state index contributed by atoms with van der Waals surface area (Å²) in [6, 6.07) is 15.0. The van der Waals surface area contributed by atoms with Crippen LogP contribution in [-0.2, 0) is 4.79 Å². The Morgan fingerprint density at radius 3 is 2.12 bits per heavy atom. The number of benzene rings is 2. The molecule has 0 saturated heterocycles. The van der Waals surface area contributed by atoms with E-state index in [9.17, 15) is 13.6 Å². The summed E-state index contributed by atoms with van der Waals surface area (Å²) < 4.78 is 28.2. The first-order chi connectivity index (χ1) is 16.4. The molecule has 5 heteroatoms. The van der Waals surface area contributed by atoms with E-state index < -0.39 is 11.6 Å². The van der Waals surface area contributed by atoms with Gasteiger partial charge in [-0.05, 0) is 62.1 Å². The summed E-state index contributed by atoms with van der Waals surface area (Å²) in [4.78, 5) is 15.3. The van der Waals surface area contributed by atoms with Gasteiger partial charge in [0.15, 0.2) is 0 Å². The number of hydrogen-bond acceptors (Lipinski definition) is 3. The maximum absolute atomic E-state index is 14.1. The van der Waals surface area contributed by atoms with Crippen molar-refractivity contribution in [2.75, 3.05) is 12.4 Å². The third kappa shape index (κ3) is 6.99. The highest BCUT2D eigenvalue weighted by atomic mass is 19.1. The van der Waals surface area contributed by atoms with Crippen LogP contribution in [0.15, 0.2) is 54.6 Å². The predicted octanol–water partition coefficient (Wildman–Crippen LogP) is 7.45. The number of rotatable bonds is 4. The monoisotopic (exact) mass is 462 g/mol. The molecule has 3 nitrogen and oxygen atoms in total. The second kappa shape index (κ2) is 13.3. The molecular weight excluding hydrogens is 430 g/mol. The Labute approximate surface area is 201 Å². The molecule has 1 aromatic heterocycles. The van der Waals surface area contributed by atoms with E-state index >= 15 is 0 Å². The van der Waals surface area contributed by atoms with Crippen LogP contribution in [0, 0.1) is 37.3 Å². The molecule has 1 saturated carbocycles. The molecule has 0 radical (unpaired) electrons. The van der Waals surface area contributed by atoms with Gasteiger partial charge in [0.25, 0.3) is 0 Å². The number of aromatic nitrogens is 1. The normalized spacial score (nSPS) is 13.0. The van der Waals surface area contributed by atoms with Crippen LogP contribution in [0.2, 0.25) is 0 Å². The van der Waals surface area contributed by atoms with Gasteiger partial charge in [-0.15, -0.1) is 12.8 Å². The summed E-state index contributed by atoms with van der Waals surface area (Å²) >= 11 is 0. The Balaban J connectivity index is 0.000000311. The molecule has 34 heavy (non-hydrogen) atoms. The summed E-state index contributed by atoms with van der Waals surface area (Å²) in [7, 11) is 1.73. The molecule has 0 spiro atoms. The quantitative estimate of drug-likeness (QED) is 0.410. The number of pyridine rings is 1. The Kier molecular flexibility index (Phi) is 10.4. The highest BCUT2D eigenvalue weighted by molar-refractivity contribution is 5.78. The van der Waals surface area contributed by atoms with Crippen LogP contribution in [0.3, 0.4) is 0 Å². The number of nitrogens with one attached hydrogen (secondary N) is 1. The van der Waals surface area contributed by atoms with Crippen LogP contribution in [-0.4, -0.2) is 17.8 Å². The van der Waals surface area contributed by atoms with Gasteiger partial charge < -0.3 is 5.32 Å². The zero-order valence-corrected chi connectivity index (χ0v) is 20.1. The molecule has 0 aliphatic heterocycles. The van der Waals surface area contributed by atoms with E-state index in [1.165, 1.54) is 37.5 Å². The van der Waals surface area contributed by atoms with E-state index in [2.05, 4.69) is 23.1 Å². The molecule has 0 bridgehead atoms. The second-order valence-electron chi connectivity index (χ2n) is 8.23. The number of carbonyl (C=O) groups is 1. The maximum atomic E-state index is 14.1. The standard InChI is InChI=1S/C19H16F2N2.C8H14O.C2H2/c1-12-6-3-4-7-14(12)17-10-13(11-18(22-2)23-17)19-15(20)8-5-9-16(19)21;1-7(9)8-5-3-2-4-6-8;1-2/h3-11H,1-2H3,(H,22,23);8H,2-6H2,1H3;1-2H. The molecular formula is C29H32F2N2O. The van der Waals surface area contributed by atoms with Gasteiger partial charge in [0.1, 0.15) is 23.2 Å². The highest BCUT2D eigenvalue weighted by Crippen LogP contribution is 2.32. The van der Waals surface area contributed by atoms with Crippen LogP contribution in [0.25, 0.3) is 22.4 Å². The van der Waals surface area contributed by atoms with Gasteiger partial charge in [-0.25, -0.2) is 13.8 Å². The van der Waals surface area contributed by atoms with Crippen molar-refractivity contribution >= 4 is 11.6 Å². The first-order valence-electron chi connectivity index (χ1n) is 11.4. The molecule has 1 heterocycles. The fraction of sp³-hybridized carbons (Fsp3) is 0.310. The third-order valence-corrected chi connectivity index (χ3v) is 5.93. The molecule has 4 rings (SSSR count). The SMILES string of the molecule is C#C.CC(=O)C1CCCCC1.CNc1cc(-c2c(F)cccc2F)cc(-c2ccccc2C)n1. The molecule has 3 aromatic rings. The number of hydrogen-bond donors (Lipinski definition) is 1. The summed E-state index contributed by atoms with van der Waals surface area (Å²) in [6.45, 7) is 3.70. The largest absolute Gasteiger partial charge is 0.373 e. The summed E-state index contributed by atoms with van der Waals surface area (Å²) in [5.41, 5.74) is 3.07. The van der Waals surface area contributed by atoms with Crippen LogP contribution < -0.4 is 5.32 Å². The minimum atomic E-state index is -0.589. The smallest absolute Gasteiger partial charge is 0.133 e. The Hall–Kier alpha value is -3.52. The van der Waals surface area contributed by atoms with Gasteiger partial charge >= 0.3 is 0 Å². The molecule has 1 N–H and O–H groups in total. The average molecular weight is 463 g/mol. The lowest BCUT2D eigenvalue weighted by atomic mass is 9.87. The summed E-state index contributed by atoms with van der Waals surface area (Å²) in [5, 5.41) is 2.95. The predicted molar refractivity (Wildman–Crippen MR) is 136 cm³/mol. The molecule has 0 amide bonds. The van der Waals surface area contributed by atoms with E-state index in [0.29, 0.717) is 28.8 Å². The lowest BCUT2D eigenvalue weighted by Crippen LogP contribution is -2.13. The minimum Gasteiger partial charge on any atom is -0.373 e. The van der Waals surface area contributed by atoms with Crippen LogP contribution in [0.5, 0.6) is 0 Å². The topological polar surface area (TPSA) is 42.0 Å². The zero-order valence-electron chi connectivity index (χ0n) is 20.1. The van der Waals surface area contributed by atoms with E-state index in [-0.39, 0.29) is 5.56 Å². The number of carbonyl (C=O) groups excluding carboxylic acids is 1. The van der Waals surface area contributed by atoms with Crippen molar-refractivity contribution in [2.24, 2.45) is 5.92 Å². The van der Waals surface area contributed by atoms with Crippen molar-refractivity contribution in [1.82, 2.24) is 4.98 Å². The first-order valence-corrected chi connectivity index (χ1v) is 11.4. The Bertz CT molecular complexity index is 1100. The van der Waals surface area contributed by atoms with Gasteiger partial charge in [0.2, 0.25) is 0 Å². The lowest BCUT2D eigenvalue weighted by Gasteiger charge is -2.17. The first kappa shape index (κ1) is 26.7. The molecule has 0 unspecified atom stereocenters. The van der Waals surface area contributed by atoms with Gasteiger partial charge in [-0.2, -0.15) is 0 Å². The fourth-order valence-corrected chi connectivity index (χ4v) is 4.08. The number of anilines is 1. The summed E-state index contributed by atoms with van der Waals surface area (Å²) in [6.07, 6.45) is 14.2. The average Bonchev–Trinajstić information content (AvgIpc) is 2.86. The molecule has 1 aliphatic rings. The number of Topliss-reactive ketones (excluding diaryl/α,β-unsaturated/α-hetero) is 1. The molecule has 1 aliphatic carbocycles. The van der Waals surface area contributed by atoms with E-state index in [1.54, 1.807) is 26.1 Å². The fourth-order valence-electron chi connectivity index (χ4n) is 4.08. The maximum Gasteiger partial charge on any atom is 0.133 e. The van der Waals surface area contributed by atoms with E-state index in [4.69, 9.17) is 0 Å². The summed E-state index contributed by atoms with van der Waals surface area (Å²) in [5.74, 6) is 0.194. The van der Waals surface area contributed by atoms with E-state index in [1.807, 2.05) is 31.2 Å². The van der Waals surface area contributed by atoms with Crippen molar-refractivity contribution in [3.63, 3.8) is 0 Å². The van der Waals surface area contributed by atoms with Gasteiger partial charge in [0, 0.05) is 18.5 Å². The van der Waals surface area contributed by atoms with Crippen molar-refractivity contribution in [3.05, 3.63) is 71.8 Å². The van der Waals surface area contributed by atoms with Crippen LogP contribution in [0.1, 0.15) is 44.6 Å². The number of halogens is 2. The molecule has 2 aromatic carbocycles.